The normalized spacial score (nSPS) is 9.84. The van der Waals surface area contributed by atoms with Crippen molar-refractivity contribution in [1.29, 1.82) is 0 Å². The lowest BCUT2D eigenvalue weighted by Crippen LogP contribution is -1.71. The van der Waals surface area contributed by atoms with E-state index in [0.717, 1.165) is 0 Å². The molecule has 0 atom stereocenters. The Hall–Kier alpha value is 0.470. The van der Waals surface area contributed by atoms with E-state index in [-0.39, 0.29) is 0 Å². The average molecular weight is 397 g/mol. The molecule has 0 saturated heterocycles. The minimum Gasteiger partial charge on any atom is -0.0827 e. The molecule has 0 saturated carbocycles. The van der Waals surface area contributed by atoms with Crippen molar-refractivity contribution in [3.05, 3.63) is 65.5 Å². The van der Waals surface area contributed by atoms with Crippen LogP contribution in [-0.4, -0.2) is 0 Å². The van der Waals surface area contributed by atoms with Crippen molar-refractivity contribution in [2.24, 2.45) is 0 Å². The van der Waals surface area contributed by atoms with Gasteiger partial charge in [-0.15, -0.1) is 0 Å². The Morgan fingerprint density at radius 1 is 0.421 bits per heavy atom. The lowest BCUT2D eigenvalue weighted by Gasteiger charge is -1.98. The van der Waals surface area contributed by atoms with Gasteiger partial charge in [0.1, 0.15) is 0 Å². The quantitative estimate of drug-likeness (QED) is 0.313. The zero-order chi connectivity index (χ0) is 14.6. The highest BCUT2D eigenvalue weighted by Gasteiger charge is 2.05. The van der Waals surface area contributed by atoms with Crippen LogP contribution in [0.5, 0.6) is 0 Å². The van der Waals surface area contributed by atoms with Crippen LogP contribution in [0.3, 0.4) is 0 Å². The third kappa shape index (κ3) is 5.06. The highest BCUT2D eigenvalue weighted by Crippen LogP contribution is 2.34. The van der Waals surface area contributed by atoms with Crippen molar-refractivity contribution in [1.82, 2.24) is 0 Å². The monoisotopic (exact) mass is 394 g/mol. The van der Waals surface area contributed by atoms with E-state index in [0.29, 0.717) is 35.2 Å². The summed E-state index contributed by atoms with van der Waals surface area (Å²) in [6.07, 6.45) is 0. The summed E-state index contributed by atoms with van der Waals surface area (Å²) < 4.78 is 0. The fourth-order valence-corrected chi connectivity index (χ4v) is 2.24. The van der Waals surface area contributed by atoms with E-state index in [1.54, 1.807) is 30.3 Å². The summed E-state index contributed by atoms with van der Waals surface area (Å²) in [5.41, 5.74) is 0. The smallest absolute Gasteiger partial charge is 0.0793 e. The van der Waals surface area contributed by atoms with Gasteiger partial charge < -0.3 is 0 Å². The van der Waals surface area contributed by atoms with Gasteiger partial charge >= 0.3 is 0 Å². The van der Waals surface area contributed by atoms with Crippen LogP contribution in [-0.2, 0) is 0 Å². The van der Waals surface area contributed by atoms with Gasteiger partial charge in [-0.2, -0.15) is 0 Å². The third-order valence-electron chi connectivity index (χ3n) is 1.89. The van der Waals surface area contributed by atoms with Crippen LogP contribution in [0, 0.1) is 0 Å². The molecule has 2 aromatic carbocycles. The summed E-state index contributed by atoms with van der Waals surface area (Å²) in [6, 6.07) is 8.32. The van der Waals surface area contributed by atoms with Gasteiger partial charge in [-0.05, 0) is 24.3 Å². The van der Waals surface area contributed by atoms with E-state index in [4.69, 9.17) is 81.2 Å². The van der Waals surface area contributed by atoms with Crippen molar-refractivity contribution in [3.8, 4) is 0 Å². The predicted octanol–water partition coefficient (Wildman–Crippen LogP) is 7.95. The summed E-state index contributed by atoms with van der Waals surface area (Å²) in [4.78, 5) is 0. The Bertz CT molecular complexity index is 533. The largest absolute Gasteiger partial charge is 0.0827 e. The first kappa shape index (κ1) is 17.5. The van der Waals surface area contributed by atoms with Crippen LogP contribution in [0.4, 0.5) is 0 Å². The molecule has 0 aliphatic carbocycles. The van der Waals surface area contributed by atoms with E-state index in [2.05, 4.69) is 0 Å². The molecule has 0 radical (unpaired) electrons. The SMILES string of the molecule is Clc1ccc(Cl)c(Cl)c1Cl.Clc1cccc(Cl)c1Cl. The minimum atomic E-state index is 0.302. The molecule has 7 heteroatoms. The second-order valence-electron chi connectivity index (χ2n) is 3.19. The summed E-state index contributed by atoms with van der Waals surface area (Å²) in [6.45, 7) is 0. The Kier molecular flexibility index (Phi) is 7.42. The molecule has 0 heterocycles. The van der Waals surface area contributed by atoms with Crippen molar-refractivity contribution in [2.45, 2.75) is 0 Å². The Labute approximate surface area is 146 Å². The molecule has 0 aliphatic rings. The highest BCUT2D eigenvalue weighted by atomic mass is 35.5. The molecule has 0 N–H and O–H groups in total. The van der Waals surface area contributed by atoms with E-state index >= 15 is 0 Å². The predicted molar refractivity (Wildman–Crippen MR) is 88.0 cm³/mol. The van der Waals surface area contributed by atoms with E-state index < -0.39 is 0 Å². The van der Waals surface area contributed by atoms with Crippen molar-refractivity contribution < 1.29 is 0 Å². The zero-order valence-electron chi connectivity index (χ0n) is 9.03. The second-order valence-corrected chi connectivity index (χ2v) is 5.96. The lowest BCUT2D eigenvalue weighted by molar-refractivity contribution is 1.70. The zero-order valence-corrected chi connectivity index (χ0v) is 14.3. The van der Waals surface area contributed by atoms with Crippen LogP contribution < -0.4 is 0 Å². The van der Waals surface area contributed by atoms with Crippen LogP contribution in [0.25, 0.3) is 0 Å². The van der Waals surface area contributed by atoms with Crippen molar-refractivity contribution in [3.63, 3.8) is 0 Å². The minimum absolute atomic E-state index is 0.302. The van der Waals surface area contributed by atoms with Crippen LogP contribution in [0.15, 0.2) is 30.3 Å². The molecule has 0 amide bonds. The summed E-state index contributed by atoms with van der Waals surface area (Å²) in [5, 5.41) is 2.83. The maximum absolute atomic E-state index is 5.63. The molecule has 0 nitrogen and oxygen atoms in total. The van der Waals surface area contributed by atoms with Gasteiger partial charge in [0.05, 0.1) is 35.2 Å². The summed E-state index contributed by atoms with van der Waals surface area (Å²) in [7, 11) is 0. The molecule has 2 rings (SSSR count). The average Bonchev–Trinajstić information content (AvgIpc) is 2.39. The standard InChI is InChI=1S/C6H2Cl4.C6H3Cl3/c7-3-1-2-4(8)6(10)5(3)9;7-4-2-1-3-5(8)6(4)9/h1-2H;1-3H. The van der Waals surface area contributed by atoms with Crippen molar-refractivity contribution >= 4 is 81.2 Å². The fraction of sp³-hybridized carbons (Fsp3) is 0. The van der Waals surface area contributed by atoms with E-state index in [9.17, 15) is 0 Å². The molecule has 0 fully saturated rings. The topological polar surface area (TPSA) is 0 Å². The fourth-order valence-electron chi connectivity index (χ4n) is 0.980. The van der Waals surface area contributed by atoms with Gasteiger partial charge in [0, 0.05) is 0 Å². The van der Waals surface area contributed by atoms with Gasteiger partial charge in [-0.3, -0.25) is 0 Å². The highest BCUT2D eigenvalue weighted by molar-refractivity contribution is 6.51. The van der Waals surface area contributed by atoms with Gasteiger partial charge in [0.25, 0.3) is 0 Å². The van der Waals surface area contributed by atoms with Crippen LogP contribution >= 0.6 is 81.2 Å². The van der Waals surface area contributed by atoms with E-state index in [1.807, 2.05) is 0 Å². The molecule has 0 aliphatic heterocycles. The maximum atomic E-state index is 5.63. The van der Waals surface area contributed by atoms with E-state index in [1.165, 1.54) is 0 Å². The summed E-state index contributed by atoms with van der Waals surface area (Å²) >= 11 is 39.3. The number of hydrogen-bond acceptors (Lipinski definition) is 0. The van der Waals surface area contributed by atoms with Crippen molar-refractivity contribution in [2.75, 3.05) is 0 Å². The lowest BCUT2D eigenvalue weighted by atomic mass is 10.4. The molecule has 0 aromatic heterocycles. The molecule has 0 spiro atoms. The second kappa shape index (κ2) is 8.05. The number of rotatable bonds is 0. The van der Waals surface area contributed by atoms with Gasteiger partial charge in [-0.1, -0.05) is 87.3 Å². The number of hydrogen-bond donors (Lipinski definition) is 0. The molecule has 102 valence electrons. The maximum Gasteiger partial charge on any atom is 0.0793 e. The van der Waals surface area contributed by atoms with Gasteiger partial charge in [0.2, 0.25) is 0 Å². The molecule has 2 aromatic rings. The Morgan fingerprint density at radius 2 is 0.737 bits per heavy atom. The molecular formula is C12H5Cl7. The van der Waals surface area contributed by atoms with Crippen LogP contribution in [0.2, 0.25) is 35.2 Å². The number of halogens is 7. The Balaban J connectivity index is 0.000000191. The first-order valence-corrected chi connectivity index (χ1v) is 7.37. The molecule has 0 unspecified atom stereocenters. The van der Waals surface area contributed by atoms with Gasteiger partial charge in [0.15, 0.2) is 0 Å². The summed E-state index contributed by atoms with van der Waals surface area (Å²) in [5.74, 6) is 0. The van der Waals surface area contributed by atoms with Gasteiger partial charge in [-0.25, -0.2) is 0 Å². The number of benzene rings is 2. The third-order valence-corrected chi connectivity index (χ3v) is 4.83. The first-order valence-electron chi connectivity index (χ1n) is 4.73. The van der Waals surface area contributed by atoms with Crippen LogP contribution in [0.1, 0.15) is 0 Å². The molecule has 0 bridgehead atoms. The molecular weight excluding hydrogens is 392 g/mol. The Morgan fingerprint density at radius 3 is 1.05 bits per heavy atom. The first-order chi connectivity index (χ1) is 8.84. The molecule has 19 heavy (non-hydrogen) atoms.